The van der Waals surface area contributed by atoms with Crippen molar-refractivity contribution in [3.05, 3.63) is 36.3 Å². The summed E-state index contributed by atoms with van der Waals surface area (Å²) >= 11 is 0. The maximum atomic E-state index is 13.2. The van der Waals surface area contributed by atoms with Crippen molar-refractivity contribution in [1.29, 1.82) is 0 Å². The number of halogens is 1. The van der Waals surface area contributed by atoms with Gasteiger partial charge in [0, 0.05) is 17.7 Å². The Morgan fingerprint density at radius 3 is 2.94 bits per heavy atom. The minimum atomic E-state index is -2.64. The van der Waals surface area contributed by atoms with E-state index in [0.29, 0.717) is 11.1 Å². The van der Waals surface area contributed by atoms with Gasteiger partial charge in [0.25, 0.3) is 0 Å². The minimum Gasteiger partial charge on any atom is -0.508 e. The van der Waals surface area contributed by atoms with Gasteiger partial charge in [-0.1, -0.05) is 0 Å². The van der Waals surface area contributed by atoms with E-state index in [0.717, 1.165) is 6.07 Å². The van der Waals surface area contributed by atoms with Crippen molar-refractivity contribution in [3.8, 4) is 22.8 Å². The number of nitrogens with zero attached hydrogens (tertiary/aromatic N) is 2. The fraction of sp³-hybridized carbons (Fsp3) is 0.0909. The summed E-state index contributed by atoms with van der Waals surface area (Å²) in [5.41, 5.74) is 0.715. The minimum absolute atomic E-state index is 0.207. The first-order valence-corrected chi connectivity index (χ1v) is 4.35. The quantitative estimate of drug-likeness (QED) is 0.846. The molecule has 0 unspecified atom stereocenters. The molecule has 0 aliphatic heterocycles. The molecule has 1 aromatic carbocycles. The zero-order chi connectivity index (χ0) is 14.0. The van der Waals surface area contributed by atoms with Gasteiger partial charge in [0.2, 0.25) is 5.88 Å². The molecule has 0 fully saturated rings. The topological polar surface area (TPSA) is 55.2 Å². The number of hydrogen-bond acceptors (Lipinski definition) is 4. The van der Waals surface area contributed by atoms with Crippen molar-refractivity contribution in [1.82, 2.24) is 10.2 Å². The molecular weight excluding hydrogens is 211 g/mol. The summed E-state index contributed by atoms with van der Waals surface area (Å²) in [6.45, 7) is 0. The van der Waals surface area contributed by atoms with Crippen molar-refractivity contribution >= 4 is 0 Å². The Kier molecular flexibility index (Phi) is 1.85. The van der Waals surface area contributed by atoms with E-state index in [-0.39, 0.29) is 11.6 Å². The number of ether oxygens (including phenoxy) is 1. The van der Waals surface area contributed by atoms with Crippen LogP contribution in [-0.2, 0) is 0 Å². The van der Waals surface area contributed by atoms with Crippen LogP contribution in [0.2, 0.25) is 0 Å². The van der Waals surface area contributed by atoms with Crippen LogP contribution in [0.25, 0.3) is 11.1 Å². The van der Waals surface area contributed by atoms with Gasteiger partial charge in [-0.3, -0.25) is 0 Å². The van der Waals surface area contributed by atoms with Crippen LogP contribution in [0.3, 0.4) is 0 Å². The molecule has 4 nitrogen and oxygen atoms in total. The number of aromatic nitrogens is 2. The highest BCUT2D eigenvalue weighted by Crippen LogP contribution is 2.25. The molecule has 1 heterocycles. The fourth-order valence-electron chi connectivity index (χ4n) is 1.30. The Morgan fingerprint density at radius 2 is 2.19 bits per heavy atom. The van der Waals surface area contributed by atoms with Crippen molar-refractivity contribution < 1.29 is 18.3 Å². The zero-order valence-corrected chi connectivity index (χ0v) is 8.01. The average Bonchev–Trinajstić information content (AvgIpc) is 2.25. The van der Waals surface area contributed by atoms with Crippen LogP contribution >= 0.6 is 0 Å². The van der Waals surface area contributed by atoms with E-state index >= 15 is 0 Å². The van der Waals surface area contributed by atoms with Gasteiger partial charge < -0.3 is 9.84 Å². The first kappa shape index (κ1) is 7.16. The standard InChI is InChI=1S/C11H9FN2O2/c1-16-11-4-8(6-13-14-11)7-2-9(12)5-10(15)3-7/h2-6,15H,1H3/i1D3. The molecular formula is C11H9FN2O2. The molecule has 0 amide bonds. The molecule has 16 heavy (non-hydrogen) atoms. The van der Waals surface area contributed by atoms with Crippen LogP contribution in [-0.4, -0.2) is 22.3 Å². The number of aromatic hydroxyl groups is 1. The van der Waals surface area contributed by atoms with Gasteiger partial charge in [0.15, 0.2) is 0 Å². The second-order valence-electron chi connectivity index (χ2n) is 3.08. The molecule has 5 heteroatoms. The van der Waals surface area contributed by atoms with Crippen LogP contribution in [0.1, 0.15) is 4.11 Å². The van der Waals surface area contributed by atoms with E-state index in [4.69, 9.17) is 4.11 Å². The predicted molar refractivity (Wildman–Crippen MR) is 55.6 cm³/mol. The Bertz CT molecular complexity index is 584. The SMILES string of the molecule is [2H]C([2H])([2H])Oc1cc(-c2cc(O)cc(F)c2)cnn1. The smallest absolute Gasteiger partial charge is 0.233 e. The summed E-state index contributed by atoms with van der Waals surface area (Å²) in [5, 5.41) is 16.4. The highest BCUT2D eigenvalue weighted by Gasteiger charge is 2.05. The monoisotopic (exact) mass is 223 g/mol. The Labute approximate surface area is 95.5 Å². The Morgan fingerprint density at radius 1 is 1.31 bits per heavy atom. The zero-order valence-electron chi connectivity index (χ0n) is 11.0. The highest BCUT2D eigenvalue weighted by molar-refractivity contribution is 5.64. The summed E-state index contributed by atoms with van der Waals surface area (Å²) in [6.07, 6.45) is 1.31. The Hall–Kier alpha value is -2.17. The molecule has 0 saturated carbocycles. The van der Waals surface area contributed by atoms with Crippen LogP contribution < -0.4 is 4.74 Å². The lowest BCUT2D eigenvalue weighted by molar-refractivity contribution is 0.392. The predicted octanol–water partition coefficient (Wildman–Crippen LogP) is 2.00. The number of phenolic OH excluding ortho intramolecular Hbond substituents is 1. The second kappa shape index (κ2) is 4.14. The lowest BCUT2D eigenvalue weighted by atomic mass is 10.1. The van der Waals surface area contributed by atoms with Gasteiger partial charge in [-0.15, -0.1) is 5.10 Å². The van der Waals surface area contributed by atoms with Gasteiger partial charge in [0.1, 0.15) is 11.6 Å². The molecule has 0 atom stereocenters. The number of rotatable bonds is 2. The van der Waals surface area contributed by atoms with Gasteiger partial charge in [-0.2, -0.15) is 5.10 Å². The van der Waals surface area contributed by atoms with E-state index in [1.807, 2.05) is 0 Å². The number of phenols is 1. The van der Waals surface area contributed by atoms with Gasteiger partial charge in [-0.05, 0) is 17.7 Å². The molecule has 2 rings (SSSR count). The van der Waals surface area contributed by atoms with Gasteiger partial charge in [-0.25, -0.2) is 4.39 Å². The van der Waals surface area contributed by atoms with Crippen molar-refractivity contribution in [2.75, 3.05) is 7.04 Å². The number of benzene rings is 1. The van der Waals surface area contributed by atoms with Crippen LogP contribution in [0, 0.1) is 5.82 Å². The largest absolute Gasteiger partial charge is 0.508 e. The molecule has 0 aliphatic rings. The fourth-order valence-corrected chi connectivity index (χ4v) is 1.30. The van der Waals surface area contributed by atoms with Crippen molar-refractivity contribution in [3.63, 3.8) is 0 Å². The van der Waals surface area contributed by atoms with E-state index < -0.39 is 12.9 Å². The lowest BCUT2D eigenvalue weighted by Crippen LogP contribution is -1.91. The molecule has 82 valence electrons. The van der Waals surface area contributed by atoms with Gasteiger partial charge in [0.05, 0.1) is 17.3 Å². The maximum Gasteiger partial charge on any atom is 0.233 e. The third-order valence-corrected chi connectivity index (χ3v) is 1.95. The van der Waals surface area contributed by atoms with E-state index in [2.05, 4.69) is 14.9 Å². The Balaban J connectivity index is 2.37. The third kappa shape index (κ3) is 2.08. The van der Waals surface area contributed by atoms with Crippen LogP contribution in [0.15, 0.2) is 30.5 Å². The van der Waals surface area contributed by atoms with Crippen molar-refractivity contribution in [2.24, 2.45) is 0 Å². The molecule has 1 aromatic heterocycles. The lowest BCUT2D eigenvalue weighted by Gasteiger charge is -2.03. The molecule has 0 radical (unpaired) electrons. The highest BCUT2D eigenvalue weighted by atomic mass is 19.1. The second-order valence-corrected chi connectivity index (χ2v) is 3.08. The normalized spacial score (nSPS) is 13.7. The maximum absolute atomic E-state index is 13.2. The van der Waals surface area contributed by atoms with E-state index in [9.17, 15) is 9.50 Å². The molecule has 0 bridgehead atoms. The average molecular weight is 223 g/mol. The number of hydrogen-bond donors (Lipinski definition) is 1. The summed E-state index contributed by atoms with van der Waals surface area (Å²) in [7, 11) is -2.64. The molecule has 0 aliphatic carbocycles. The molecule has 2 aromatic rings. The summed E-state index contributed by atoms with van der Waals surface area (Å²) in [4.78, 5) is 0. The van der Waals surface area contributed by atoms with E-state index in [1.54, 1.807) is 0 Å². The van der Waals surface area contributed by atoms with Crippen LogP contribution in [0.5, 0.6) is 11.6 Å². The summed E-state index contributed by atoms with van der Waals surface area (Å²) in [6, 6.07) is 4.75. The first-order valence-electron chi connectivity index (χ1n) is 5.85. The van der Waals surface area contributed by atoms with Crippen LogP contribution in [0.4, 0.5) is 4.39 Å². The van der Waals surface area contributed by atoms with Crippen molar-refractivity contribution in [2.45, 2.75) is 0 Å². The summed E-state index contributed by atoms with van der Waals surface area (Å²) in [5.74, 6) is -1.07. The number of methoxy groups -OCH3 is 1. The van der Waals surface area contributed by atoms with Gasteiger partial charge >= 0.3 is 0 Å². The molecule has 1 N–H and O–H groups in total. The molecule has 0 saturated heterocycles. The van der Waals surface area contributed by atoms with E-state index in [1.165, 1.54) is 24.4 Å². The third-order valence-electron chi connectivity index (χ3n) is 1.95. The summed E-state index contributed by atoms with van der Waals surface area (Å²) < 4.78 is 38.6. The first-order chi connectivity index (χ1) is 8.83. The molecule has 0 spiro atoms.